The molecule has 0 aliphatic heterocycles. The fraction of sp³-hybridized carbons (Fsp3) is 0.0952. The van der Waals surface area contributed by atoms with E-state index in [0.29, 0.717) is 11.7 Å². The zero-order chi connectivity index (χ0) is 17.5. The average molecular weight is 348 g/mol. The first-order valence-corrected chi connectivity index (χ1v) is 8.63. The summed E-state index contributed by atoms with van der Waals surface area (Å²) in [6, 6.07) is 26.1. The third kappa shape index (κ3) is 4.37. The third-order valence-corrected chi connectivity index (χ3v) is 3.90. The quantitative estimate of drug-likeness (QED) is 0.591. The van der Waals surface area contributed by atoms with Crippen LogP contribution >= 0.6 is 12.2 Å². The molecule has 3 rings (SSSR count). The van der Waals surface area contributed by atoms with E-state index in [1.54, 1.807) is 0 Å². The molecule has 3 aromatic rings. The molecule has 0 aromatic heterocycles. The van der Waals surface area contributed by atoms with E-state index in [1.165, 1.54) is 0 Å². The molecule has 25 heavy (non-hydrogen) atoms. The predicted octanol–water partition coefficient (Wildman–Crippen LogP) is 5.56. The summed E-state index contributed by atoms with van der Waals surface area (Å²) < 4.78 is 5.63. The van der Waals surface area contributed by atoms with E-state index in [0.717, 1.165) is 28.3 Å². The summed E-state index contributed by atoms with van der Waals surface area (Å²) in [4.78, 5) is 0. The number of anilines is 2. The van der Waals surface area contributed by atoms with Gasteiger partial charge in [-0.3, -0.25) is 0 Å². The van der Waals surface area contributed by atoms with Gasteiger partial charge in [-0.05, 0) is 42.9 Å². The standard InChI is InChI=1S/C21H20N2OS/c1-2-24-20-15-9-8-14-19(20)23-21(25)22-18-13-7-6-12-17(18)16-10-4-3-5-11-16/h3-15H,2H2,1H3,(H2,22,23,25). The van der Waals surface area contributed by atoms with Crippen molar-refractivity contribution in [1.82, 2.24) is 0 Å². The van der Waals surface area contributed by atoms with E-state index in [4.69, 9.17) is 17.0 Å². The van der Waals surface area contributed by atoms with Crippen LogP contribution in [0.1, 0.15) is 6.92 Å². The second kappa shape index (κ2) is 8.31. The highest BCUT2D eigenvalue weighted by atomic mass is 32.1. The van der Waals surface area contributed by atoms with Crippen LogP contribution in [0.4, 0.5) is 11.4 Å². The molecular formula is C21H20N2OS. The minimum atomic E-state index is 0.524. The first kappa shape index (κ1) is 17.0. The highest BCUT2D eigenvalue weighted by molar-refractivity contribution is 7.80. The third-order valence-electron chi connectivity index (χ3n) is 3.70. The molecule has 0 aliphatic rings. The van der Waals surface area contributed by atoms with Crippen molar-refractivity contribution in [2.45, 2.75) is 6.92 Å². The second-order valence-corrected chi connectivity index (χ2v) is 5.83. The smallest absolute Gasteiger partial charge is 0.175 e. The lowest BCUT2D eigenvalue weighted by Gasteiger charge is -2.16. The van der Waals surface area contributed by atoms with Gasteiger partial charge in [0.25, 0.3) is 0 Å². The Bertz CT molecular complexity index is 849. The Labute approximate surface area is 153 Å². The van der Waals surface area contributed by atoms with Crippen molar-refractivity contribution in [3.05, 3.63) is 78.9 Å². The molecule has 0 saturated carbocycles. The lowest BCUT2D eigenvalue weighted by atomic mass is 10.0. The maximum Gasteiger partial charge on any atom is 0.175 e. The number of nitrogens with one attached hydrogen (secondary N) is 2. The van der Waals surface area contributed by atoms with E-state index >= 15 is 0 Å². The highest BCUT2D eigenvalue weighted by Crippen LogP contribution is 2.28. The van der Waals surface area contributed by atoms with E-state index in [1.807, 2.05) is 67.6 Å². The summed E-state index contributed by atoms with van der Waals surface area (Å²) >= 11 is 5.49. The number of benzene rings is 3. The fourth-order valence-electron chi connectivity index (χ4n) is 2.59. The van der Waals surface area contributed by atoms with Gasteiger partial charge in [-0.2, -0.15) is 0 Å². The molecule has 4 heteroatoms. The zero-order valence-electron chi connectivity index (χ0n) is 14.0. The minimum Gasteiger partial charge on any atom is -0.492 e. The summed E-state index contributed by atoms with van der Waals surface area (Å²) in [5, 5.41) is 7.03. The van der Waals surface area contributed by atoms with E-state index in [2.05, 4.69) is 28.8 Å². The van der Waals surface area contributed by atoms with Crippen LogP contribution in [0.2, 0.25) is 0 Å². The number of rotatable bonds is 5. The molecule has 0 fully saturated rings. The first-order chi connectivity index (χ1) is 12.3. The topological polar surface area (TPSA) is 33.3 Å². The molecule has 0 amide bonds. The number of para-hydroxylation sites is 3. The molecule has 126 valence electrons. The summed E-state index contributed by atoms with van der Waals surface area (Å²) in [5.74, 6) is 0.783. The number of hydrogen-bond donors (Lipinski definition) is 2. The molecule has 0 spiro atoms. The van der Waals surface area contributed by atoms with Gasteiger partial charge in [0.1, 0.15) is 5.75 Å². The summed E-state index contributed by atoms with van der Waals surface area (Å²) in [6.07, 6.45) is 0. The monoisotopic (exact) mass is 348 g/mol. The Hall–Kier alpha value is -2.85. The molecule has 3 aromatic carbocycles. The Balaban J connectivity index is 1.79. The molecule has 0 radical (unpaired) electrons. The Kier molecular flexibility index (Phi) is 5.65. The summed E-state index contributed by atoms with van der Waals surface area (Å²) in [6.45, 7) is 2.57. The first-order valence-electron chi connectivity index (χ1n) is 8.22. The maximum absolute atomic E-state index is 5.63. The largest absolute Gasteiger partial charge is 0.492 e. The Morgan fingerprint density at radius 1 is 0.800 bits per heavy atom. The van der Waals surface area contributed by atoms with Gasteiger partial charge in [0, 0.05) is 11.3 Å². The van der Waals surface area contributed by atoms with Gasteiger partial charge in [0.2, 0.25) is 0 Å². The van der Waals surface area contributed by atoms with Gasteiger partial charge in [0.15, 0.2) is 5.11 Å². The molecular weight excluding hydrogens is 328 g/mol. The molecule has 3 nitrogen and oxygen atoms in total. The minimum absolute atomic E-state index is 0.524. The van der Waals surface area contributed by atoms with Gasteiger partial charge in [-0.1, -0.05) is 60.7 Å². The molecule has 0 aliphatic carbocycles. The van der Waals surface area contributed by atoms with Gasteiger partial charge in [-0.15, -0.1) is 0 Å². The summed E-state index contributed by atoms with van der Waals surface area (Å²) in [7, 11) is 0. The van der Waals surface area contributed by atoms with Gasteiger partial charge < -0.3 is 15.4 Å². The molecule has 0 atom stereocenters. The SMILES string of the molecule is CCOc1ccccc1NC(=S)Nc1ccccc1-c1ccccc1. The zero-order valence-corrected chi connectivity index (χ0v) is 14.8. The highest BCUT2D eigenvalue weighted by Gasteiger charge is 2.08. The van der Waals surface area contributed by atoms with Crippen molar-refractivity contribution in [2.75, 3.05) is 17.2 Å². The average Bonchev–Trinajstić information content (AvgIpc) is 2.65. The number of ether oxygens (including phenoxy) is 1. The van der Waals surface area contributed by atoms with E-state index < -0.39 is 0 Å². The Morgan fingerprint density at radius 2 is 1.40 bits per heavy atom. The van der Waals surface area contributed by atoms with Crippen molar-refractivity contribution in [2.24, 2.45) is 0 Å². The Morgan fingerprint density at radius 3 is 2.16 bits per heavy atom. The van der Waals surface area contributed by atoms with Crippen LogP contribution in [0.5, 0.6) is 5.75 Å². The van der Waals surface area contributed by atoms with Crippen molar-refractivity contribution >= 4 is 28.7 Å². The van der Waals surface area contributed by atoms with Crippen LogP contribution in [0, 0.1) is 0 Å². The van der Waals surface area contributed by atoms with E-state index in [-0.39, 0.29) is 0 Å². The molecule has 0 bridgehead atoms. The van der Waals surface area contributed by atoms with Gasteiger partial charge in [0.05, 0.1) is 12.3 Å². The molecule has 2 N–H and O–H groups in total. The number of hydrogen-bond acceptors (Lipinski definition) is 2. The summed E-state index contributed by atoms with van der Waals surface area (Å²) in [5.41, 5.74) is 4.05. The van der Waals surface area contributed by atoms with Crippen LogP contribution in [0.15, 0.2) is 78.9 Å². The van der Waals surface area contributed by atoms with Crippen LogP contribution in [-0.4, -0.2) is 11.7 Å². The molecule has 0 heterocycles. The predicted molar refractivity (Wildman–Crippen MR) is 109 cm³/mol. The number of thiocarbonyl (C=S) groups is 1. The maximum atomic E-state index is 5.63. The molecule has 0 unspecified atom stereocenters. The fourth-order valence-corrected chi connectivity index (χ4v) is 2.81. The van der Waals surface area contributed by atoms with Gasteiger partial charge in [-0.25, -0.2) is 0 Å². The normalized spacial score (nSPS) is 10.1. The van der Waals surface area contributed by atoms with Crippen molar-refractivity contribution < 1.29 is 4.74 Å². The van der Waals surface area contributed by atoms with E-state index in [9.17, 15) is 0 Å². The lowest BCUT2D eigenvalue weighted by molar-refractivity contribution is 0.342. The van der Waals surface area contributed by atoms with Gasteiger partial charge >= 0.3 is 0 Å². The van der Waals surface area contributed by atoms with Crippen LogP contribution in [0.3, 0.4) is 0 Å². The second-order valence-electron chi connectivity index (χ2n) is 5.42. The van der Waals surface area contributed by atoms with Crippen LogP contribution in [0.25, 0.3) is 11.1 Å². The van der Waals surface area contributed by atoms with Crippen molar-refractivity contribution in [3.63, 3.8) is 0 Å². The van der Waals surface area contributed by atoms with Crippen LogP contribution < -0.4 is 15.4 Å². The molecule has 0 saturated heterocycles. The van der Waals surface area contributed by atoms with Crippen molar-refractivity contribution in [3.8, 4) is 16.9 Å². The van der Waals surface area contributed by atoms with Crippen molar-refractivity contribution in [1.29, 1.82) is 0 Å². The van der Waals surface area contributed by atoms with Crippen LogP contribution in [-0.2, 0) is 0 Å². The lowest BCUT2D eigenvalue weighted by Crippen LogP contribution is -2.20.